The third-order valence-corrected chi connectivity index (χ3v) is 2.43. The number of halogens is 3. The lowest BCUT2D eigenvalue weighted by Gasteiger charge is -2.08. The van der Waals surface area contributed by atoms with Gasteiger partial charge in [-0.25, -0.2) is 4.79 Å². The Morgan fingerprint density at radius 3 is 2.43 bits per heavy atom. The van der Waals surface area contributed by atoms with E-state index in [9.17, 15) is 4.79 Å². The zero-order valence-corrected chi connectivity index (χ0v) is 9.03. The topological polar surface area (TPSA) is 46.5 Å². The number of carbonyl (C=O) groups is 1. The molecule has 0 aliphatic carbocycles. The molecule has 0 bridgehead atoms. The molecule has 0 fully saturated rings. The van der Waals surface area contributed by atoms with Crippen LogP contribution in [0, 0.1) is 0 Å². The standard InChI is InChI=1S/C8H5Cl3O3/c9-4-1-2-5(10)8(7(4)11)14-3-6(12)13/h1-2H,3H2,(H,12,13). The first kappa shape index (κ1) is 11.4. The lowest BCUT2D eigenvalue weighted by atomic mass is 10.3. The van der Waals surface area contributed by atoms with Crippen LogP contribution in [0.1, 0.15) is 0 Å². The molecule has 0 amide bonds. The van der Waals surface area contributed by atoms with Gasteiger partial charge in [0.15, 0.2) is 12.4 Å². The van der Waals surface area contributed by atoms with E-state index in [0.717, 1.165) is 0 Å². The van der Waals surface area contributed by atoms with Gasteiger partial charge >= 0.3 is 5.97 Å². The molecular formula is C8H5Cl3O3. The molecular weight excluding hydrogens is 250 g/mol. The van der Waals surface area contributed by atoms with Crippen LogP contribution in [-0.4, -0.2) is 17.7 Å². The fourth-order valence-corrected chi connectivity index (χ4v) is 1.40. The van der Waals surface area contributed by atoms with E-state index >= 15 is 0 Å². The number of carboxylic acid groups (broad SMARTS) is 1. The van der Waals surface area contributed by atoms with Crippen molar-refractivity contribution in [3.05, 3.63) is 27.2 Å². The van der Waals surface area contributed by atoms with E-state index in [1.165, 1.54) is 12.1 Å². The van der Waals surface area contributed by atoms with E-state index in [1.54, 1.807) is 0 Å². The van der Waals surface area contributed by atoms with Gasteiger partial charge in [0.2, 0.25) is 0 Å². The van der Waals surface area contributed by atoms with Gasteiger partial charge in [-0.05, 0) is 12.1 Å². The molecule has 1 aromatic rings. The molecule has 6 heteroatoms. The molecule has 14 heavy (non-hydrogen) atoms. The number of rotatable bonds is 3. The van der Waals surface area contributed by atoms with Crippen molar-refractivity contribution < 1.29 is 14.6 Å². The summed E-state index contributed by atoms with van der Waals surface area (Å²) in [6.45, 7) is -0.514. The highest BCUT2D eigenvalue weighted by Crippen LogP contribution is 2.37. The van der Waals surface area contributed by atoms with E-state index in [2.05, 4.69) is 0 Å². The van der Waals surface area contributed by atoms with Crippen molar-refractivity contribution in [3.8, 4) is 5.75 Å². The minimum atomic E-state index is -1.11. The number of ether oxygens (including phenoxy) is 1. The number of carboxylic acids is 1. The third kappa shape index (κ3) is 2.67. The summed E-state index contributed by atoms with van der Waals surface area (Å²) in [6.07, 6.45) is 0. The van der Waals surface area contributed by atoms with Crippen LogP contribution in [0.5, 0.6) is 5.75 Å². The molecule has 0 unspecified atom stereocenters. The Labute approximate surface area is 95.1 Å². The van der Waals surface area contributed by atoms with Crippen LogP contribution in [0.3, 0.4) is 0 Å². The summed E-state index contributed by atoms with van der Waals surface area (Å²) in [6, 6.07) is 2.98. The molecule has 76 valence electrons. The zero-order chi connectivity index (χ0) is 10.7. The first-order valence-corrected chi connectivity index (χ1v) is 4.64. The van der Waals surface area contributed by atoms with Gasteiger partial charge in [-0.3, -0.25) is 0 Å². The second kappa shape index (κ2) is 4.73. The van der Waals surface area contributed by atoms with Crippen molar-refractivity contribution in [1.29, 1.82) is 0 Å². The van der Waals surface area contributed by atoms with Crippen LogP contribution >= 0.6 is 34.8 Å². The van der Waals surface area contributed by atoms with Gasteiger partial charge in [0.1, 0.15) is 5.02 Å². The molecule has 1 rings (SSSR count). The molecule has 0 atom stereocenters. The molecule has 0 aromatic heterocycles. The SMILES string of the molecule is O=C(O)COc1c(Cl)ccc(Cl)c1Cl. The molecule has 1 N–H and O–H groups in total. The van der Waals surface area contributed by atoms with E-state index < -0.39 is 12.6 Å². The van der Waals surface area contributed by atoms with Crippen molar-refractivity contribution in [3.63, 3.8) is 0 Å². The largest absolute Gasteiger partial charge is 0.479 e. The lowest BCUT2D eigenvalue weighted by molar-refractivity contribution is -0.139. The summed E-state index contributed by atoms with van der Waals surface area (Å²) in [5.41, 5.74) is 0. The van der Waals surface area contributed by atoms with Crippen LogP contribution < -0.4 is 4.74 Å². The normalized spacial score (nSPS) is 9.93. The Kier molecular flexibility index (Phi) is 3.86. The van der Waals surface area contributed by atoms with Crippen LogP contribution in [-0.2, 0) is 4.79 Å². The predicted octanol–water partition coefficient (Wildman–Crippen LogP) is 3.11. The van der Waals surface area contributed by atoms with Gasteiger partial charge in [0.05, 0.1) is 10.0 Å². The highest BCUT2D eigenvalue weighted by Gasteiger charge is 2.11. The van der Waals surface area contributed by atoms with E-state index in [1.807, 2.05) is 0 Å². The van der Waals surface area contributed by atoms with Gasteiger partial charge in [-0.1, -0.05) is 34.8 Å². The molecule has 3 nitrogen and oxygen atoms in total. The molecule has 0 saturated heterocycles. The predicted molar refractivity (Wildman–Crippen MR) is 54.6 cm³/mol. The van der Waals surface area contributed by atoms with Gasteiger partial charge in [0, 0.05) is 0 Å². The molecule has 0 saturated carbocycles. The summed E-state index contributed by atoms with van der Waals surface area (Å²) < 4.78 is 4.86. The van der Waals surface area contributed by atoms with Crippen LogP contribution in [0.15, 0.2) is 12.1 Å². The number of benzene rings is 1. The van der Waals surface area contributed by atoms with Crippen molar-refractivity contribution >= 4 is 40.8 Å². The summed E-state index contributed by atoms with van der Waals surface area (Å²) in [7, 11) is 0. The molecule has 0 heterocycles. The number of hydrogen-bond donors (Lipinski definition) is 1. The van der Waals surface area contributed by atoms with Crippen molar-refractivity contribution in [2.75, 3.05) is 6.61 Å². The summed E-state index contributed by atoms with van der Waals surface area (Å²) in [5, 5.41) is 8.98. The molecule has 0 aliphatic heterocycles. The molecule has 0 aliphatic rings. The Morgan fingerprint density at radius 1 is 1.29 bits per heavy atom. The Morgan fingerprint density at radius 2 is 1.86 bits per heavy atom. The number of aliphatic carboxylic acids is 1. The minimum absolute atomic E-state index is 0.0863. The fraction of sp³-hybridized carbons (Fsp3) is 0.125. The molecule has 0 spiro atoms. The van der Waals surface area contributed by atoms with Gasteiger partial charge in [-0.2, -0.15) is 0 Å². The monoisotopic (exact) mass is 254 g/mol. The average molecular weight is 255 g/mol. The van der Waals surface area contributed by atoms with Gasteiger partial charge in [0.25, 0.3) is 0 Å². The van der Waals surface area contributed by atoms with E-state index in [4.69, 9.17) is 44.6 Å². The van der Waals surface area contributed by atoms with Crippen LogP contribution in [0.2, 0.25) is 15.1 Å². The zero-order valence-electron chi connectivity index (χ0n) is 6.76. The Bertz CT molecular complexity index is 365. The van der Waals surface area contributed by atoms with Crippen molar-refractivity contribution in [2.24, 2.45) is 0 Å². The van der Waals surface area contributed by atoms with Crippen molar-refractivity contribution in [2.45, 2.75) is 0 Å². The maximum atomic E-state index is 10.2. The second-order valence-corrected chi connectivity index (χ2v) is 3.55. The van der Waals surface area contributed by atoms with Crippen LogP contribution in [0.4, 0.5) is 0 Å². The second-order valence-electron chi connectivity index (χ2n) is 2.35. The summed E-state index contributed by atoms with van der Waals surface area (Å²) >= 11 is 17.2. The Hall–Kier alpha value is -0.640. The quantitative estimate of drug-likeness (QED) is 0.844. The lowest BCUT2D eigenvalue weighted by Crippen LogP contribution is -2.09. The maximum Gasteiger partial charge on any atom is 0.341 e. The van der Waals surface area contributed by atoms with Crippen LogP contribution in [0.25, 0.3) is 0 Å². The molecule has 0 radical (unpaired) electrons. The smallest absolute Gasteiger partial charge is 0.341 e. The summed E-state index contributed by atoms with van der Waals surface area (Å²) in [4.78, 5) is 10.2. The fourth-order valence-electron chi connectivity index (χ4n) is 0.775. The van der Waals surface area contributed by atoms with E-state index in [0.29, 0.717) is 0 Å². The highest BCUT2D eigenvalue weighted by molar-refractivity contribution is 6.44. The molecule has 1 aromatic carbocycles. The van der Waals surface area contributed by atoms with Crippen molar-refractivity contribution in [1.82, 2.24) is 0 Å². The number of hydrogen-bond acceptors (Lipinski definition) is 2. The maximum absolute atomic E-state index is 10.2. The van der Waals surface area contributed by atoms with E-state index in [-0.39, 0.29) is 20.8 Å². The summed E-state index contributed by atoms with van der Waals surface area (Å²) in [5.74, 6) is -1.03. The average Bonchev–Trinajstić information content (AvgIpc) is 2.11. The Balaban J connectivity index is 2.95. The third-order valence-electron chi connectivity index (χ3n) is 1.34. The first-order valence-electron chi connectivity index (χ1n) is 3.50. The highest BCUT2D eigenvalue weighted by atomic mass is 35.5. The minimum Gasteiger partial charge on any atom is -0.479 e. The van der Waals surface area contributed by atoms with Gasteiger partial charge < -0.3 is 9.84 Å². The first-order chi connectivity index (χ1) is 6.52. The van der Waals surface area contributed by atoms with Gasteiger partial charge in [-0.15, -0.1) is 0 Å².